The van der Waals surface area contributed by atoms with Crippen LogP contribution < -0.4 is 18.9 Å². The molecule has 0 saturated heterocycles. The zero-order chi connectivity index (χ0) is 27.6. The lowest BCUT2D eigenvalue weighted by molar-refractivity contribution is -0.129. The molecule has 0 amide bonds. The number of carbonyl (C=O) groups excluding carboxylic acids is 2. The van der Waals surface area contributed by atoms with Gasteiger partial charge in [0, 0.05) is 40.8 Å². The van der Waals surface area contributed by atoms with Gasteiger partial charge in [0.1, 0.15) is 36.2 Å². The molecule has 2 aromatic rings. The molecule has 2 atom stereocenters. The third-order valence-corrected chi connectivity index (χ3v) is 5.26. The molecule has 2 rings (SSSR count). The van der Waals surface area contributed by atoms with E-state index in [0.717, 1.165) is 11.1 Å². The molecule has 2 N–H and O–H groups in total. The van der Waals surface area contributed by atoms with Gasteiger partial charge in [0.05, 0.1) is 12.2 Å². The predicted molar refractivity (Wildman–Crippen MR) is 140 cm³/mol. The molecule has 8 nitrogen and oxygen atoms in total. The lowest BCUT2D eigenvalue weighted by Crippen LogP contribution is -2.24. The van der Waals surface area contributed by atoms with Gasteiger partial charge >= 0.3 is 11.9 Å². The fraction of sp³-hybridized carbons (Fsp3) is 0.379. The summed E-state index contributed by atoms with van der Waals surface area (Å²) < 4.78 is 22.5. The van der Waals surface area contributed by atoms with Crippen molar-refractivity contribution >= 4 is 11.9 Å². The second kappa shape index (κ2) is 13.6. The number of esters is 2. The molecule has 2 unspecified atom stereocenters. The lowest BCUT2D eigenvalue weighted by Gasteiger charge is -2.30. The number of rotatable bonds is 12. The van der Waals surface area contributed by atoms with E-state index >= 15 is 0 Å². The van der Waals surface area contributed by atoms with Gasteiger partial charge in [0.2, 0.25) is 0 Å². The quantitative estimate of drug-likeness (QED) is 0.243. The first kappa shape index (κ1) is 29.6. The summed E-state index contributed by atoms with van der Waals surface area (Å²) in [7, 11) is 0. The van der Waals surface area contributed by atoms with Crippen molar-refractivity contribution in [3.05, 3.63) is 71.8 Å². The minimum Gasteiger partial charge on any atom is -0.490 e. The first-order valence-corrected chi connectivity index (χ1v) is 12.1. The highest BCUT2D eigenvalue weighted by Crippen LogP contribution is 2.43. The molecule has 0 radical (unpaired) electrons. The van der Waals surface area contributed by atoms with Crippen molar-refractivity contribution < 1.29 is 38.7 Å². The first-order chi connectivity index (χ1) is 17.5. The zero-order valence-corrected chi connectivity index (χ0v) is 22.2. The van der Waals surface area contributed by atoms with Crippen LogP contribution >= 0.6 is 0 Å². The van der Waals surface area contributed by atoms with Crippen LogP contribution in [-0.4, -0.2) is 47.6 Å². The number of hydrogen-bond donors (Lipinski definition) is 2. The fourth-order valence-corrected chi connectivity index (χ4v) is 3.54. The van der Waals surface area contributed by atoms with Gasteiger partial charge in [-0.15, -0.1) is 0 Å². The Bertz CT molecular complexity index is 1040. The molecule has 0 aliphatic carbocycles. The highest BCUT2D eigenvalue weighted by Gasteiger charge is 2.31. The summed E-state index contributed by atoms with van der Waals surface area (Å²) in [5, 5.41) is 19.6. The molecular formula is C29H36O8. The van der Waals surface area contributed by atoms with Gasteiger partial charge in [-0.05, 0) is 39.8 Å². The second-order valence-electron chi connectivity index (χ2n) is 9.10. The summed E-state index contributed by atoms with van der Waals surface area (Å²) in [5.74, 6) is 0.379. The number of ether oxygens (including phenoxy) is 4. The molecule has 0 saturated carbocycles. The smallest absolute Gasteiger partial charge is 0.335 e. The number of allylic oxidation sites excluding steroid dienone is 2. The number of aliphatic hydroxyl groups excluding tert-OH is 2. The van der Waals surface area contributed by atoms with E-state index in [4.69, 9.17) is 18.9 Å². The van der Waals surface area contributed by atoms with Crippen LogP contribution in [0.3, 0.4) is 0 Å². The fourth-order valence-electron chi connectivity index (χ4n) is 3.54. The number of aliphatic hydroxyl groups is 2. The Morgan fingerprint density at radius 2 is 1.16 bits per heavy atom. The van der Waals surface area contributed by atoms with Crippen molar-refractivity contribution in [2.75, 3.05) is 13.2 Å². The van der Waals surface area contributed by atoms with E-state index in [1.54, 1.807) is 76.2 Å². The molecule has 0 aliphatic heterocycles. The molecular weight excluding hydrogens is 476 g/mol. The van der Waals surface area contributed by atoms with E-state index in [1.165, 1.54) is 12.2 Å². The van der Waals surface area contributed by atoms with Gasteiger partial charge in [0.25, 0.3) is 0 Å². The Kier molecular flexibility index (Phi) is 10.9. The van der Waals surface area contributed by atoms with Crippen molar-refractivity contribution in [2.45, 2.75) is 59.2 Å². The molecule has 0 fully saturated rings. The SMILES string of the molecule is CC=CC(=O)Oc1ccc(C(C)(C)c2ccc(OC(=O)C=CC)cc2OCC(C)O)c(OCC(C)O)c1. The molecule has 0 bridgehead atoms. The summed E-state index contributed by atoms with van der Waals surface area (Å²) >= 11 is 0. The number of benzene rings is 2. The molecule has 0 spiro atoms. The summed E-state index contributed by atoms with van der Waals surface area (Å²) in [5.41, 5.74) is 0.749. The van der Waals surface area contributed by atoms with Gasteiger partial charge in [-0.25, -0.2) is 9.59 Å². The van der Waals surface area contributed by atoms with Crippen LogP contribution in [0.2, 0.25) is 0 Å². The Balaban J connectivity index is 2.56. The third kappa shape index (κ3) is 8.77. The number of carbonyl (C=O) groups is 2. The maximum Gasteiger partial charge on any atom is 0.335 e. The van der Waals surface area contributed by atoms with Crippen LogP contribution in [0.1, 0.15) is 52.7 Å². The topological polar surface area (TPSA) is 112 Å². The largest absolute Gasteiger partial charge is 0.490 e. The van der Waals surface area contributed by atoms with Crippen LogP contribution in [0.15, 0.2) is 60.7 Å². The zero-order valence-electron chi connectivity index (χ0n) is 22.2. The normalized spacial score (nSPS) is 13.4. The lowest BCUT2D eigenvalue weighted by atomic mass is 9.77. The average Bonchev–Trinajstić information content (AvgIpc) is 2.81. The van der Waals surface area contributed by atoms with Crippen molar-refractivity contribution in [1.29, 1.82) is 0 Å². The van der Waals surface area contributed by atoms with Gasteiger partial charge in [-0.1, -0.05) is 38.1 Å². The van der Waals surface area contributed by atoms with Crippen LogP contribution in [0, 0.1) is 0 Å². The summed E-state index contributed by atoms with van der Waals surface area (Å²) in [6.07, 6.45) is 4.34. The highest BCUT2D eigenvalue weighted by molar-refractivity contribution is 5.84. The van der Waals surface area contributed by atoms with Crippen LogP contribution in [0.25, 0.3) is 0 Å². The van der Waals surface area contributed by atoms with Crippen LogP contribution in [-0.2, 0) is 15.0 Å². The van der Waals surface area contributed by atoms with Crippen LogP contribution in [0.4, 0.5) is 0 Å². The summed E-state index contributed by atoms with van der Waals surface area (Å²) in [4.78, 5) is 23.9. The molecule has 37 heavy (non-hydrogen) atoms. The van der Waals surface area contributed by atoms with Crippen molar-refractivity contribution in [1.82, 2.24) is 0 Å². The maximum atomic E-state index is 11.9. The Morgan fingerprint density at radius 1 is 0.784 bits per heavy atom. The third-order valence-electron chi connectivity index (χ3n) is 5.26. The molecule has 0 aliphatic rings. The number of hydrogen-bond acceptors (Lipinski definition) is 8. The average molecular weight is 513 g/mol. The molecule has 200 valence electrons. The van der Waals surface area contributed by atoms with E-state index in [-0.39, 0.29) is 13.2 Å². The van der Waals surface area contributed by atoms with E-state index < -0.39 is 29.6 Å². The van der Waals surface area contributed by atoms with E-state index in [0.29, 0.717) is 23.0 Å². The Morgan fingerprint density at radius 3 is 1.49 bits per heavy atom. The molecule has 2 aromatic carbocycles. The van der Waals surface area contributed by atoms with Gasteiger partial charge < -0.3 is 29.2 Å². The second-order valence-corrected chi connectivity index (χ2v) is 9.10. The molecule has 0 aromatic heterocycles. The highest BCUT2D eigenvalue weighted by atomic mass is 16.5. The summed E-state index contributed by atoms with van der Waals surface area (Å²) in [6, 6.07) is 10.1. The van der Waals surface area contributed by atoms with Crippen molar-refractivity contribution in [2.24, 2.45) is 0 Å². The van der Waals surface area contributed by atoms with Crippen molar-refractivity contribution in [3.8, 4) is 23.0 Å². The van der Waals surface area contributed by atoms with E-state index in [2.05, 4.69) is 0 Å². The van der Waals surface area contributed by atoms with Crippen LogP contribution in [0.5, 0.6) is 23.0 Å². The first-order valence-electron chi connectivity index (χ1n) is 12.1. The monoisotopic (exact) mass is 512 g/mol. The minimum atomic E-state index is -0.722. The van der Waals surface area contributed by atoms with Gasteiger partial charge in [0.15, 0.2) is 0 Å². The minimum absolute atomic E-state index is 0.0283. The predicted octanol–water partition coefficient (Wildman–Crippen LogP) is 4.49. The molecule has 8 heteroatoms. The Hall–Kier alpha value is -3.62. The van der Waals surface area contributed by atoms with Crippen molar-refractivity contribution in [3.63, 3.8) is 0 Å². The van der Waals surface area contributed by atoms with Gasteiger partial charge in [-0.2, -0.15) is 0 Å². The van der Waals surface area contributed by atoms with Gasteiger partial charge in [-0.3, -0.25) is 0 Å². The molecule has 0 heterocycles. The summed E-state index contributed by atoms with van der Waals surface area (Å²) in [6.45, 7) is 10.6. The van der Waals surface area contributed by atoms with E-state index in [9.17, 15) is 19.8 Å². The maximum absolute atomic E-state index is 11.9. The van der Waals surface area contributed by atoms with E-state index in [1.807, 2.05) is 13.8 Å². The Labute approximate surface area is 218 Å². The standard InChI is InChI=1S/C29H36O8/c1-7-9-27(32)36-21-11-13-23(25(15-21)34-17-19(3)30)29(5,6)24-14-12-22(37-28(33)10-8-2)16-26(24)35-18-20(4)31/h7-16,19-20,30-31H,17-18H2,1-6H3.